The van der Waals surface area contributed by atoms with Gasteiger partial charge in [0.25, 0.3) is 6.43 Å². The number of rotatable bonds is 3. The number of fused-ring (bicyclic) bond motifs is 1. The third-order valence-electron chi connectivity index (χ3n) is 3.64. The molecule has 0 amide bonds. The molecule has 3 aromatic rings. The lowest BCUT2D eigenvalue weighted by Gasteiger charge is -2.08. The first-order valence-electron chi connectivity index (χ1n) is 7.03. The molecule has 0 saturated carbocycles. The number of pyridine rings is 1. The van der Waals surface area contributed by atoms with Crippen molar-refractivity contribution in [2.45, 2.75) is 33.1 Å². The Morgan fingerprint density at radius 3 is 2.59 bits per heavy atom. The van der Waals surface area contributed by atoms with Crippen molar-refractivity contribution in [3.05, 3.63) is 46.5 Å². The standard InChI is InChI=1S/C17H15F2N2S/c1-9(2)14-8-22-17(21-14)13-7-5-11-4-6-12(16(18)19)10(3)15(11)20-13/h4,6-9,16H,1-3H3. The van der Waals surface area contributed by atoms with Crippen LogP contribution in [0.25, 0.3) is 21.6 Å². The van der Waals surface area contributed by atoms with Crippen LogP contribution in [0.1, 0.15) is 43.0 Å². The van der Waals surface area contributed by atoms with Gasteiger partial charge in [-0.05, 0) is 30.5 Å². The molecule has 2 aromatic heterocycles. The van der Waals surface area contributed by atoms with E-state index in [1.165, 1.54) is 17.4 Å². The van der Waals surface area contributed by atoms with Crippen LogP contribution < -0.4 is 0 Å². The van der Waals surface area contributed by atoms with Crippen molar-refractivity contribution in [2.24, 2.45) is 0 Å². The lowest BCUT2D eigenvalue weighted by atomic mass is 10.0. The van der Waals surface area contributed by atoms with E-state index in [0.29, 0.717) is 22.7 Å². The molecule has 0 N–H and O–H groups in total. The van der Waals surface area contributed by atoms with E-state index in [-0.39, 0.29) is 5.56 Å². The van der Waals surface area contributed by atoms with E-state index < -0.39 is 6.43 Å². The molecule has 2 nitrogen and oxygen atoms in total. The number of hydrogen-bond donors (Lipinski definition) is 0. The van der Waals surface area contributed by atoms with Gasteiger partial charge < -0.3 is 0 Å². The van der Waals surface area contributed by atoms with Crippen LogP contribution >= 0.6 is 11.3 Å². The summed E-state index contributed by atoms with van der Waals surface area (Å²) in [6.45, 7) is 5.84. The van der Waals surface area contributed by atoms with Crippen LogP contribution in [-0.4, -0.2) is 9.97 Å². The van der Waals surface area contributed by atoms with Crippen molar-refractivity contribution in [3.63, 3.8) is 0 Å². The average molecular weight is 317 g/mol. The first kappa shape index (κ1) is 15.0. The highest BCUT2D eigenvalue weighted by atomic mass is 32.1. The lowest BCUT2D eigenvalue weighted by molar-refractivity contribution is 0.151. The number of aromatic nitrogens is 2. The summed E-state index contributed by atoms with van der Waals surface area (Å²) in [6, 6.07) is 7.98. The summed E-state index contributed by atoms with van der Waals surface area (Å²) in [5, 5.41) is 3.55. The minimum atomic E-state index is -2.50. The van der Waals surface area contributed by atoms with Crippen LogP contribution in [-0.2, 0) is 0 Å². The molecule has 22 heavy (non-hydrogen) atoms. The summed E-state index contributed by atoms with van der Waals surface area (Å²) >= 11 is 1.51. The summed E-state index contributed by atoms with van der Waals surface area (Å²) in [5.74, 6) is 0.349. The predicted octanol–water partition coefficient (Wildman–Crippen LogP) is 5.53. The van der Waals surface area contributed by atoms with Crippen LogP contribution in [0.2, 0.25) is 0 Å². The SMILES string of the molecule is Cc1c(C(F)F)ccc2[c]cc(-c3nc(C(C)C)cs3)nc12. The van der Waals surface area contributed by atoms with Crippen LogP contribution in [0.5, 0.6) is 0 Å². The molecule has 0 bridgehead atoms. The Kier molecular flexibility index (Phi) is 3.91. The molecular formula is C17H15F2N2S. The number of halogens is 2. The third-order valence-corrected chi connectivity index (χ3v) is 4.52. The molecule has 0 fully saturated rings. The molecule has 0 unspecified atom stereocenters. The van der Waals surface area contributed by atoms with Crippen molar-refractivity contribution >= 4 is 22.2 Å². The number of thiazole rings is 1. The number of aryl methyl sites for hydroxylation is 1. The van der Waals surface area contributed by atoms with Gasteiger partial charge in [-0.1, -0.05) is 26.0 Å². The zero-order valence-electron chi connectivity index (χ0n) is 12.5. The first-order valence-corrected chi connectivity index (χ1v) is 7.91. The highest BCUT2D eigenvalue weighted by Gasteiger charge is 2.15. The second-order valence-corrected chi connectivity index (χ2v) is 6.35. The van der Waals surface area contributed by atoms with Crippen molar-refractivity contribution in [1.82, 2.24) is 9.97 Å². The Balaban J connectivity index is 2.13. The Labute approximate surface area is 131 Å². The molecule has 1 aromatic carbocycles. The van der Waals surface area contributed by atoms with Crippen LogP contribution in [0.3, 0.4) is 0 Å². The summed E-state index contributed by atoms with van der Waals surface area (Å²) in [5.41, 5.74) is 2.79. The fourth-order valence-electron chi connectivity index (χ4n) is 2.29. The molecule has 113 valence electrons. The van der Waals surface area contributed by atoms with Gasteiger partial charge in [-0.3, -0.25) is 0 Å². The summed E-state index contributed by atoms with van der Waals surface area (Å²) in [4.78, 5) is 9.11. The summed E-state index contributed by atoms with van der Waals surface area (Å²) in [7, 11) is 0. The van der Waals surface area contributed by atoms with Crippen molar-refractivity contribution < 1.29 is 8.78 Å². The van der Waals surface area contributed by atoms with Gasteiger partial charge in [-0.25, -0.2) is 18.7 Å². The van der Waals surface area contributed by atoms with Gasteiger partial charge in [-0.2, -0.15) is 0 Å². The van der Waals surface area contributed by atoms with Gasteiger partial charge in [0.05, 0.1) is 11.2 Å². The fraction of sp³-hybridized carbons (Fsp3) is 0.294. The monoisotopic (exact) mass is 317 g/mol. The quantitative estimate of drug-likeness (QED) is 0.635. The van der Waals surface area contributed by atoms with Crippen LogP contribution in [0.4, 0.5) is 8.78 Å². The van der Waals surface area contributed by atoms with E-state index in [1.54, 1.807) is 19.1 Å². The maximum Gasteiger partial charge on any atom is 0.264 e. The Morgan fingerprint density at radius 1 is 1.18 bits per heavy atom. The fourth-order valence-corrected chi connectivity index (χ4v) is 3.23. The molecule has 0 saturated heterocycles. The first-order chi connectivity index (χ1) is 10.5. The lowest BCUT2D eigenvalue weighted by Crippen LogP contribution is -1.94. The van der Waals surface area contributed by atoms with Gasteiger partial charge in [0.1, 0.15) is 10.7 Å². The summed E-state index contributed by atoms with van der Waals surface area (Å²) in [6.07, 6.45) is -2.50. The van der Waals surface area contributed by atoms with Gasteiger partial charge in [-0.15, -0.1) is 11.3 Å². The second-order valence-electron chi connectivity index (χ2n) is 5.49. The number of alkyl halides is 2. The van der Waals surface area contributed by atoms with Crippen molar-refractivity contribution in [1.29, 1.82) is 0 Å². The van der Waals surface area contributed by atoms with Gasteiger partial charge >= 0.3 is 0 Å². The van der Waals surface area contributed by atoms with Crippen LogP contribution in [0, 0.1) is 13.0 Å². The van der Waals surface area contributed by atoms with E-state index in [2.05, 4.69) is 29.9 Å². The highest BCUT2D eigenvalue weighted by Crippen LogP contribution is 2.31. The maximum atomic E-state index is 13.0. The third kappa shape index (κ3) is 2.61. The summed E-state index contributed by atoms with van der Waals surface area (Å²) < 4.78 is 26.0. The average Bonchev–Trinajstić information content (AvgIpc) is 2.97. The van der Waals surface area contributed by atoms with E-state index >= 15 is 0 Å². The molecule has 5 heteroatoms. The molecule has 3 rings (SSSR count). The van der Waals surface area contributed by atoms with Gasteiger partial charge in [0, 0.05) is 16.3 Å². The van der Waals surface area contributed by atoms with Crippen molar-refractivity contribution in [3.8, 4) is 10.7 Å². The largest absolute Gasteiger partial charge is 0.264 e. The number of nitrogens with zero attached hydrogens (tertiary/aromatic N) is 2. The van der Waals surface area contributed by atoms with E-state index in [1.807, 2.05) is 5.38 Å². The Hall–Kier alpha value is -1.88. The van der Waals surface area contributed by atoms with Crippen LogP contribution in [0.15, 0.2) is 23.6 Å². The maximum absolute atomic E-state index is 13.0. The van der Waals surface area contributed by atoms with Gasteiger partial charge in [0.15, 0.2) is 0 Å². The molecule has 0 aliphatic carbocycles. The van der Waals surface area contributed by atoms with E-state index in [4.69, 9.17) is 0 Å². The highest BCUT2D eigenvalue weighted by molar-refractivity contribution is 7.13. The van der Waals surface area contributed by atoms with Gasteiger partial charge in [0.2, 0.25) is 0 Å². The topological polar surface area (TPSA) is 25.8 Å². The molecular weight excluding hydrogens is 302 g/mol. The smallest absolute Gasteiger partial charge is 0.245 e. The predicted molar refractivity (Wildman–Crippen MR) is 85.5 cm³/mol. The van der Waals surface area contributed by atoms with E-state index in [0.717, 1.165) is 16.1 Å². The second kappa shape index (κ2) is 5.72. The molecule has 0 spiro atoms. The molecule has 0 aliphatic rings. The zero-order valence-corrected chi connectivity index (χ0v) is 13.3. The zero-order chi connectivity index (χ0) is 15.9. The number of benzene rings is 1. The minimum absolute atomic E-state index is 0.0209. The normalized spacial score (nSPS) is 11.8. The molecule has 0 aliphatic heterocycles. The molecule has 2 heterocycles. The number of hydrogen-bond acceptors (Lipinski definition) is 3. The Bertz CT molecular complexity index is 825. The molecule has 0 atom stereocenters. The minimum Gasteiger partial charge on any atom is -0.245 e. The Morgan fingerprint density at radius 2 is 1.95 bits per heavy atom. The van der Waals surface area contributed by atoms with Crippen molar-refractivity contribution in [2.75, 3.05) is 0 Å². The molecule has 1 radical (unpaired) electrons. The van der Waals surface area contributed by atoms with E-state index in [9.17, 15) is 8.78 Å².